The number of aliphatic hydroxyl groups excluding tert-OH is 1. The Hall–Kier alpha value is -1.59. The molecule has 0 aliphatic rings. The molecule has 0 bridgehead atoms. The van der Waals surface area contributed by atoms with Crippen molar-refractivity contribution in [2.75, 3.05) is 30.4 Å². The summed E-state index contributed by atoms with van der Waals surface area (Å²) in [5.41, 5.74) is 2.27. The highest BCUT2D eigenvalue weighted by molar-refractivity contribution is 7.07. The van der Waals surface area contributed by atoms with E-state index in [1.54, 1.807) is 11.3 Å². The lowest BCUT2D eigenvalue weighted by Gasteiger charge is -2.18. The lowest BCUT2D eigenvalue weighted by atomic mass is 10.2. The Balaban J connectivity index is 1.99. The number of nitrogens with one attached hydrogen (secondary N) is 1. The lowest BCUT2D eigenvalue weighted by Crippen LogP contribution is -2.21. The van der Waals surface area contributed by atoms with Crippen molar-refractivity contribution in [3.8, 4) is 0 Å². The van der Waals surface area contributed by atoms with E-state index >= 15 is 0 Å². The fourth-order valence-electron chi connectivity index (χ4n) is 1.80. The van der Waals surface area contributed by atoms with Gasteiger partial charge in [-0.2, -0.15) is 11.3 Å². The maximum Gasteiger partial charge on any atom is 0.126 e. The van der Waals surface area contributed by atoms with Gasteiger partial charge in [-0.1, -0.05) is 0 Å². The molecule has 2 rings (SSSR count). The monoisotopic (exact) mass is 277 g/mol. The molecule has 0 aliphatic heterocycles. The molecule has 1 atom stereocenters. The molecule has 2 aromatic rings. The van der Waals surface area contributed by atoms with Gasteiger partial charge in [-0.25, -0.2) is 4.98 Å². The topological polar surface area (TPSA) is 48.4 Å². The molecule has 0 aliphatic carbocycles. The zero-order valence-electron chi connectivity index (χ0n) is 11.2. The van der Waals surface area contributed by atoms with Gasteiger partial charge in [0.1, 0.15) is 5.82 Å². The van der Waals surface area contributed by atoms with Crippen LogP contribution in [-0.4, -0.2) is 30.3 Å². The highest BCUT2D eigenvalue weighted by Crippen LogP contribution is 2.21. The van der Waals surface area contributed by atoms with Crippen molar-refractivity contribution in [2.45, 2.75) is 13.0 Å². The van der Waals surface area contributed by atoms with Crippen LogP contribution in [0.3, 0.4) is 0 Å². The van der Waals surface area contributed by atoms with Crippen molar-refractivity contribution in [1.29, 1.82) is 0 Å². The first-order chi connectivity index (χ1) is 9.20. The van der Waals surface area contributed by atoms with E-state index in [1.807, 2.05) is 30.3 Å². The molecule has 1 unspecified atom stereocenters. The first-order valence-corrected chi connectivity index (χ1v) is 7.21. The van der Waals surface area contributed by atoms with Gasteiger partial charge in [-0.3, -0.25) is 0 Å². The molecule has 0 radical (unpaired) electrons. The summed E-state index contributed by atoms with van der Waals surface area (Å²) in [5, 5.41) is 16.5. The van der Waals surface area contributed by atoms with Crippen LogP contribution in [-0.2, 0) is 0 Å². The maximum atomic E-state index is 8.90. The molecule has 4 nitrogen and oxygen atoms in total. The van der Waals surface area contributed by atoms with Crippen molar-refractivity contribution >= 4 is 22.8 Å². The number of nitrogens with zero attached hydrogens (tertiary/aromatic N) is 2. The fourth-order valence-corrected chi connectivity index (χ4v) is 2.56. The molecule has 0 saturated carbocycles. The van der Waals surface area contributed by atoms with Crippen LogP contribution in [0.5, 0.6) is 0 Å². The third-order valence-corrected chi connectivity index (χ3v) is 3.73. The number of pyridine rings is 1. The number of likely N-dealkylation sites (N-methyl/N-ethyl adjacent to an activating group) is 1. The van der Waals surface area contributed by atoms with Crippen LogP contribution < -0.4 is 10.2 Å². The second kappa shape index (κ2) is 6.54. The Morgan fingerprint density at radius 2 is 2.26 bits per heavy atom. The quantitative estimate of drug-likeness (QED) is 0.852. The van der Waals surface area contributed by atoms with E-state index in [-0.39, 0.29) is 12.6 Å². The third-order valence-electron chi connectivity index (χ3n) is 3.03. The van der Waals surface area contributed by atoms with Crippen LogP contribution in [0.1, 0.15) is 18.5 Å². The summed E-state index contributed by atoms with van der Waals surface area (Å²) in [4.78, 5) is 6.37. The van der Waals surface area contributed by atoms with Gasteiger partial charge in [0.2, 0.25) is 0 Å². The van der Waals surface area contributed by atoms with E-state index in [0.29, 0.717) is 6.54 Å². The summed E-state index contributed by atoms with van der Waals surface area (Å²) in [7, 11) is 1.94. The molecule has 0 spiro atoms. The number of rotatable bonds is 6. The average molecular weight is 277 g/mol. The summed E-state index contributed by atoms with van der Waals surface area (Å²) in [6.45, 7) is 2.88. The Morgan fingerprint density at radius 1 is 1.42 bits per heavy atom. The van der Waals surface area contributed by atoms with E-state index in [0.717, 1.165) is 11.5 Å². The van der Waals surface area contributed by atoms with E-state index in [2.05, 4.69) is 34.1 Å². The molecule has 2 aromatic heterocycles. The van der Waals surface area contributed by atoms with Gasteiger partial charge in [0.15, 0.2) is 0 Å². The molecule has 2 heterocycles. The van der Waals surface area contributed by atoms with Crippen LogP contribution in [0.25, 0.3) is 0 Å². The minimum absolute atomic E-state index is 0.145. The van der Waals surface area contributed by atoms with Gasteiger partial charge in [0, 0.05) is 13.6 Å². The highest BCUT2D eigenvalue weighted by Gasteiger charge is 2.07. The van der Waals surface area contributed by atoms with Crippen LogP contribution >= 0.6 is 11.3 Å². The summed E-state index contributed by atoms with van der Waals surface area (Å²) in [5.74, 6) is 0.861. The van der Waals surface area contributed by atoms with Crippen molar-refractivity contribution in [3.63, 3.8) is 0 Å². The van der Waals surface area contributed by atoms with Crippen molar-refractivity contribution in [1.82, 2.24) is 4.98 Å². The normalized spacial score (nSPS) is 12.2. The molecule has 0 fully saturated rings. The predicted molar refractivity (Wildman–Crippen MR) is 80.9 cm³/mol. The molecule has 0 aromatic carbocycles. The van der Waals surface area contributed by atoms with E-state index in [1.165, 1.54) is 5.56 Å². The number of hydrogen-bond acceptors (Lipinski definition) is 5. The number of aliphatic hydroxyl groups is 1. The van der Waals surface area contributed by atoms with Crippen molar-refractivity contribution < 1.29 is 5.11 Å². The summed E-state index contributed by atoms with van der Waals surface area (Å²) >= 11 is 1.70. The van der Waals surface area contributed by atoms with Gasteiger partial charge >= 0.3 is 0 Å². The largest absolute Gasteiger partial charge is 0.395 e. The zero-order chi connectivity index (χ0) is 13.7. The van der Waals surface area contributed by atoms with Gasteiger partial charge < -0.3 is 15.3 Å². The van der Waals surface area contributed by atoms with E-state index in [4.69, 9.17) is 5.11 Å². The van der Waals surface area contributed by atoms with Gasteiger partial charge in [-0.05, 0) is 41.4 Å². The van der Waals surface area contributed by atoms with Gasteiger partial charge in [-0.15, -0.1) is 0 Å². The summed E-state index contributed by atoms with van der Waals surface area (Å²) in [6, 6.07) is 6.34. The molecular formula is C14H19N3OS. The first-order valence-electron chi connectivity index (χ1n) is 6.27. The molecule has 0 amide bonds. The van der Waals surface area contributed by atoms with E-state index in [9.17, 15) is 0 Å². The van der Waals surface area contributed by atoms with Gasteiger partial charge in [0.05, 0.1) is 24.5 Å². The molecule has 2 N–H and O–H groups in total. The number of anilines is 2. The second-order valence-electron chi connectivity index (χ2n) is 4.47. The molecule has 102 valence electrons. The molecular weight excluding hydrogens is 258 g/mol. The minimum Gasteiger partial charge on any atom is -0.395 e. The number of aromatic nitrogens is 1. The SMILES string of the molecule is CC(Nc1ccc(N(C)CCO)cn1)c1ccsc1. The zero-order valence-corrected chi connectivity index (χ0v) is 12.0. The Kier molecular flexibility index (Phi) is 4.76. The highest BCUT2D eigenvalue weighted by atomic mass is 32.1. The average Bonchev–Trinajstić information content (AvgIpc) is 2.94. The maximum absolute atomic E-state index is 8.90. The number of hydrogen-bond donors (Lipinski definition) is 2. The van der Waals surface area contributed by atoms with Gasteiger partial charge in [0.25, 0.3) is 0 Å². The molecule has 5 heteroatoms. The van der Waals surface area contributed by atoms with Crippen molar-refractivity contribution in [3.05, 3.63) is 40.7 Å². The standard InChI is InChI=1S/C14H19N3OS/c1-11(12-5-8-19-10-12)16-14-4-3-13(9-15-14)17(2)6-7-18/h3-5,8-11,18H,6-7H2,1-2H3,(H,15,16). The predicted octanol–water partition coefficient (Wildman–Crippen LogP) is 2.74. The summed E-state index contributed by atoms with van der Waals surface area (Å²) < 4.78 is 0. The Bertz CT molecular complexity index is 484. The molecule has 0 saturated heterocycles. The van der Waals surface area contributed by atoms with Crippen molar-refractivity contribution in [2.24, 2.45) is 0 Å². The Morgan fingerprint density at radius 3 is 2.84 bits per heavy atom. The number of thiophene rings is 1. The van der Waals surface area contributed by atoms with Crippen LogP contribution in [0.15, 0.2) is 35.2 Å². The summed E-state index contributed by atoms with van der Waals surface area (Å²) in [6.07, 6.45) is 1.82. The lowest BCUT2D eigenvalue weighted by molar-refractivity contribution is 0.304. The van der Waals surface area contributed by atoms with Crippen LogP contribution in [0.2, 0.25) is 0 Å². The minimum atomic E-state index is 0.145. The Labute approximate surface area is 117 Å². The van der Waals surface area contributed by atoms with Crippen LogP contribution in [0, 0.1) is 0 Å². The fraction of sp³-hybridized carbons (Fsp3) is 0.357. The smallest absolute Gasteiger partial charge is 0.126 e. The second-order valence-corrected chi connectivity index (χ2v) is 5.25. The first kappa shape index (κ1) is 13.8. The van der Waals surface area contributed by atoms with E-state index < -0.39 is 0 Å². The third kappa shape index (κ3) is 3.68. The molecule has 19 heavy (non-hydrogen) atoms. The van der Waals surface area contributed by atoms with Crippen LogP contribution in [0.4, 0.5) is 11.5 Å².